The Morgan fingerprint density at radius 3 is 2.36 bits per heavy atom. The van der Waals surface area contributed by atoms with E-state index in [1.54, 1.807) is 30.3 Å². The molecule has 33 heavy (non-hydrogen) atoms. The predicted molar refractivity (Wildman–Crippen MR) is 121 cm³/mol. The molecule has 0 aliphatic rings. The van der Waals surface area contributed by atoms with Gasteiger partial charge in [0, 0.05) is 11.8 Å². The molecule has 0 radical (unpaired) electrons. The van der Waals surface area contributed by atoms with Crippen molar-refractivity contribution >= 4 is 23.8 Å². The van der Waals surface area contributed by atoms with E-state index in [0.29, 0.717) is 17.8 Å². The zero-order valence-corrected chi connectivity index (χ0v) is 18.5. The third-order valence-corrected chi connectivity index (χ3v) is 5.75. The molecule has 0 aliphatic carbocycles. The predicted octanol–water partition coefficient (Wildman–Crippen LogP) is 6.26. The second-order valence-electron chi connectivity index (χ2n) is 7.14. The SMILES string of the molecule is O=C(O)/C(=C\c1cccc(CSc2c(F)cccc2F)n1)OCCCCc1ccc(F)cc1. The van der Waals surface area contributed by atoms with Crippen LogP contribution in [0.4, 0.5) is 13.2 Å². The minimum absolute atomic E-state index is 0.0876. The number of hydrogen-bond acceptors (Lipinski definition) is 4. The van der Waals surface area contributed by atoms with E-state index in [-0.39, 0.29) is 28.8 Å². The van der Waals surface area contributed by atoms with Crippen molar-refractivity contribution in [2.24, 2.45) is 0 Å². The van der Waals surface area contributed by atoms with Crippen LogP contribution in [0.1, 0.15) is 29.8 Å². The average Bonchev–Trinajstić information content (AvgIpc) is 2.79. The molecule has 0 bridgehead atoms. The summed E-state index contributed by atoms with van der Waals surface area (Å²) < 4.78 is 45.9. The molecule has 172 valence electrons. The van der Waals surface area contributed by atoms with E-state index >= 15 is 0 Å². The molecule has 0 saturated carbocycles. The summed E-state index contributed by atoms with van der Waals surface area (Å²) in [5.41, 5.74) is 1.91. The maximum absolute atomic E-state index is 13.8. The number of aromatic nitrogens is 1. The molecule has 3 aromatic rings. The fraction of sp³-hybridized carbons (Fsp3) is 0.200. The summed E-state index contributed by atoms with van der Waals surface area (Å²) in [6, 6.07) is 14.9. The Bertz CT molecular complexity index is 1100. The molecule has 0 amide bonds. The highest BCUT2D eigenvalue weighted by Crippen LogP contribution is 2.27. The Balaban J connectivity index is 1.55. The van der Waals surface area contributed by atoms with Crippen molar-refractivity contribution < 1.29 is 27.8 Å². The number of aliphatic carboxylic acids is 1. The summed E-state index contributed by atoms with van der Waals surface area (Å²) in [5, 5.41) is 9.43. The Labute approximate surface area is 194 Å². The van der Waals surface area contributed by atoms with Gasteiger partial charge < -0.3 is 9.84 Å². The topological polar surface area (TPSA) is 59.4 Å². The molecule has 1 N–H and O–H groups in total. The number of rotatable bonds is 11. The first-order chi connectivity index (χ1) is 15.9. The summed E-state index contributed by atoms with van der Waals surface area (Å²) in [4.78, 5) is 15.8. The van der Waals surface area contributed by atoms with Gasteiger partial charge in [-0.3, -0.25) is 4.98 Å². The molecule has 0 atom stereocenters. The second kappa shape index (κ2) is 12.1. The summed E-state index contributed by atoms with van der Waals surface area (Å²) in [5.74, 6) is -2.81. The molecule has 0 aliphatic heterocycles. The van der Waals surface area contributed by atoms with E-state index < -0.39 is 17.6 Å². The molecule has 0 spiro atoms. The van der Waals surface area contributed by atoms with Crippen LogP contribution in [-0.2, 0) is 21.7 Å². The van der Waals surface area contributed by atoms with Crippen molar-refractivity contribution in [3.05, 3.63) is 101 Å². The van der Waals surface area contributed by atoms with E-state index in [1.807, 2.05) is 0 Å². The second-order valence-corrected chi connectivity index (χ2v) is 8.12. The molecule has 4 nitrogen and oxygen atoms in total. The summed E-state index contributed by atoms with van der Waals surface area (Å²) in [6.45, 7) is 0.210. The summed E-state index contributed by atoms with van der Waals surface area (Å²) >= 11 is 0.977. The van der Waals surface area contributed by atoms with Crippen molar-refractivity contribution in [2.75, 3.05) is 6.61 Å². The molecule has 0 unspecified atom stereocenters. The van der Waals surface area contributed by atoms with Crippen molar-refractivity contribution in [1.29, 1.82) is 0 Å². The lowest BCUT2D eigenvalue weighted by atomic mass is 10.1. The van der Waals surface area contributed by atoms with Crippen molar-refractivity contribution in [3.63, 3.8) is 0 Å². The lowest BCUT2D eigenvalue weighted by molar-refractivity contribution is -0.136. The van der Waals surface area contributed by atoms with E-state index in [4.69, 9.17) is 4.74 Å². The van der Waals surface area contributed by atoms with Gasteiger partial charge in [0.25, 0.3) is 0 Å². The fourth-order valence-electron chi connectivity index (χ4n) is 2.99. The first kappa shape index (κ1) is 24.4. The van der Waals surface area contributed by atoms with Gasteiger partial charge >= 0.3 is 5.97 Å². The number of hydrogen-bond donors (Lipinski definition) is 1. The number of carboxylic acids is 1. The van der Waals surface area contributed by atoms with Gasteiger partial charge in [-0.15, -0.1) is 11.8 Å². The zero-order valence-electron chi connectivity index (χ0n) is 17.6. The average molecular weight is 474 g/mol. The summed E-state index contributed by atoms with van der Waals surface area (Å²) in [6.07, 6.45) is 3.44. The number of carboxylic acid groups (broad SMARTS) is 1. The van der Waals surface area contributed by atoms with Crippen LogP contribution in [-0.4, -0.2) is 22.7 Å². The zero-order chi connectivity index (χ0) is 23.6. The van der Waals surface area contributed by atoms with E-state index in [9.17, 15) is 23.1 Å². The summed E-state index contributed by atoms with van der Waals surface area (Å²) in [7, 11) is 0. The molecule has 0 saturated heterocycles. The smallest absolute Gasteiger partial charge is 0.371 e. The number of ether oxygens (including phenoxy) is 1. The van der Waals surface area contributed by atoms with E-state index in [2.05, 4.69) is 4.98 Å². The van der Waals surface area contributed by atoms with Gasteiger partial charge in [-0.2, -0.15) is 0 Å². The highest BCUT2D eigenvalue weighted by atomic mass is 32.2. The van der Waals surface area contributed by atoms with Crippen LogP contribution in [0.25, 0.3) is 6.08 Å². The van der Waals surface area contributed by atoms with Crippen molar-refractivity contribution in [1.82, 2.24) is 4.98 Å². The van der Waals surface area contributed by atoms with Crippen LogP contribution in [0, 0.1) is 17.5 Å². The number of halogens is 3. The maximum atomic E-state index is 13.8. The quantitative estimate of drug-likeness (QED) is 0.154. The normalized spacial score (nSPS) is 11.4. The van der Waals surface area contributed by atoms with Gasteiger partial charge in [-0.1, -0.05) is 24.3 Å². The van der Waals surface area contributed by atoms with Gasteiger partial charge in [0.2, 0.25) is 5.76 Å². The first-order valence-electron chi connectivity index (χ1n) is 10.3. The standard InChI is InChI=1S/C25H22F3NO3S/c26-18-12-10-17(11-13-18)5-1-2-14-32-23(25(30)31)15-19-6-3-7-20(29-19)16-33-24-21(27)8-4-9-22(24)28/h3-4,6-13,15H,1-2,5,14,16H2,(H,30,31)/b23-15+. The molecule has 0 fully saturated rings. The third-order valence-electron chi connectivity index (χ3n) is 4.63. The Morgan fingerprint density at radius 2 is 1.67 bits per heavy atom. The first-order valence-corrected chi connectivity index (χ1v) is 11.3. The Morgan fingerprint density at radius 1 is 0.970 bits per heavy atom. The minimum Gasteiger partial charge on any atom is -0.486 e. The van der Waals surface area contributed by atoms with Gasteiger partial charge in [0.05, 0.1) is 22.9 Å². The van der Waals surface area contributed by atoms with Crippen LogP contribution in [0.15, 0.2) is 71.3 Å². The number of unbranched alkanes of at least 4 members (excludes halogenated alkanes) is 1. The number of pyridine rings is 1. The van der Waals surface area contributed by atoms with Crippen molar-refractivity contribution in [3.8, 4) is 0 Å². The molecule has 1 heterocycles. The monoisotopic (exact) mass is 473 g/mol. The largest absolute Gasteiger partial charge is 0.486 e. The van der Waals surface area contributed by atoms with E-state index in [0.717, 1.165) is 30.2 Å². The third kappa shape index (κ3) is 7.68. The molecular weight excluding hydrogens is 451 g/mol. The highest BCUT2D eigenvalue weighted by molar-refractivity contribution is 7.98. The number of thioether (sulfide) groups is 1. The fourth-order valence-corrected chi connectivity index (χ4v) is 3.85. The van der Waals surface area contributed by atoms with Gasteiger partial charge in [-0.05, 0) is 61.2 Å². The minimum atomic E-state index is -1.22. The number of aryl methyl sites for hydroxylation is 1. The van der Waals surface area contributed by atoms with Gasteiger partial charge in [-0.25, -0.2) is 18.0 Å². The molecule has 2 aromatic carbocycles. The highest BCUT2D eigenvalue weighted by Gasteiger charge is 2.12. The molecule has 3 rings (SSSR count). The lowest BCUT2D eigenvalue weighted by Gasteiger charge is -2.08. The Kier molecular flexibility index (Phi) is 8.95. The molecule has 8 heteroatoms. The van der Waals surface area contributed by atoms with Crippen molar-refractivity contribution in [2.45, 2.75) is 29.9 Å². The molecular formula is C25H22F3NO3S. The van der Waals surface area contributed by atoms with E-state index in [1.165, 1.54) is 36.4 Å². The lowest BCUT2D eigenvalue weighted by Crippen LogP contribution is -2.07. The van der Waals surface area contributed by atoms with Crippen LogP contribution >= 0.6 is 11.8 Å². The van der Waals surface area contributed by atoms with Crippen LogP contribution in [0.3, 0.4) is 0 Å². The van der Waals surface area contributed by atoms with Gasteiger partial charge in [0.1, 0.15) is 17.5 Å². The number of carbonyl (C=O) groups is 1. The number of benzene rings is 2. The van der Waals surface area contributed by atoms with Crippen LogP contribution in [0.2, 0.25) is 0 Å². The maximum Gasteiger partial charge on any atom is 0.371 e. The van der Waals surface area contributed by atoms with Crippen LogP contribution < -0.4 is 0 Å². The molecule has 1 aromatic heterocycles. The van der Waals surface area contributed by atoms with Crippen LogP contribution in [0.5, 0.6) is 0 Å². The van der Waals surface area contributed by atoms with Gasteiger partial charge in [0.15, 0.2) is 0 Å². The Hall–Kier alpha value is -3.26. The number of nitrogens with zero attached hydrogens (tertiary/aromatic N) is 1.